The summed E-state index contributed by atoms with van der Waals surface area (Å²) < 4.78 is 1.98. The number of aromatic nitrogens is 2. The summed E-state index contributed by atoms with van der Waals surface area (Å²) in [5, 5.41) is 3.05. The number of hydrogen-bond donors (Lipinski definition) is 1. The number of hydrogen-bond acceptors (Lipinski definition) is 2. The number of nitrogens with zero attached hydrogens (tertiary/aromatic N) is 2. The van der Waals surface area contributed by atoms with Crippen molar-refractivity contribution in [2.45, 2.75) is 19.3 Å². The van der Waals surface area contributed by atoms with Crippen LogP contribution in [0, 0.1) is 0 Å². The summed E-state index contributed by atoms with van der Waals surface area (Å²) in [6.07, 6.45) is 6.18. The van der Waals surface area contributed by atoms with Gasteiger partial charge >= 0.3 is 0 Å². The van der Waals surface area contributed by atoms with Crippen molar-refractivity contribution in [1.82, 2.24) is 9.38 Å². The summed E-state index contributed by atoms with van der Waals surface area (Å²) in [4.78, 5) is 17.1. The topological polar surface area (TPSA) is 46.4 Å². The van der Waals surface area contributed by atoms with Gasteiger partial charge in [-0.25, -0.2) is 4.98 Å². The number of amides is 1. The lowest BCUT2D eigenvalue weighted by atomic mass is 10.1. The summed E-state index contributed by atoms with van der Waals surface area (Å²) in [7, 11) is 0. The van der Waals surface area contributed by atoms with Gasteiger partial charge in [0, 0.05) is 24.4 Å². The second-order valence-electron chi connectivity index (χ2n) is 6.53. The zero-order chi connectivity index (χ0) is 18.5. The maximum atomic E-state index is 12.4. The highest BCUT2D eigenvalue weighted by atomic mass is 16.1. The molecule has 4 aromatic rings. The Balaban J connectivity index is 1.45. The molecule has 134 valence electrons. The number of pyridine rings is 1. The number of rotatable bonds is 6. The zero-order valence-electron chi connectivity index (χ0n) is 15.0. The van der Waals surface area contributed by atoms with E-state index in [0.29, 0.717) is 6.42 Å². The van der Waals surface area contributed by atoms with Gasteiger partial charge in [0.15, 0.2) is 0 Å². The third kappa shape index (κ3) is 4.06. The fraction of sp³-hybridized carbons (Fsp3) is 0.130. The van der Waals surface area contributed by atoms with Crippen LogP contribution in [0.1, 0.15) is 18.4 Å². The standard InChI is InChI=1S/C23H21N3O/c27-23(15-8-11-18-9-2-1-3-10-18)25-20-13-5-4-12-19(20)21-17-26-16-7-6-14-22(26)24-21/h1-7,9-10,12-14,16-17H,8,11,15H2,(H,25,27). The Labute approximate surface area is 158 Å². The predicted molar refractivity (Wildman–Crippen MR) is 109 cm³/mol. The van der Waals surface area contributed by atoms with E-state index in [1.807, 2.05) is 77.5 Å². The Bertz CT molecular complexity index is 1020. The minimum absolute atomic E-state index is 0.0298. The molecule has 0 aliphatic rings. The van der Waals surface area contributed by atoms with Crippen LogP contribution >= 0.6 is 0 Å². The van der Waals surface area contributed by atoms with Crippen molar-refractivity contribution >= 4 is 17.2 Å². The molecule has 0 atom stereocenters. The fourth-order valence-corrected chi connectivity index (χ4v) is 3.19. The van der Waals surface area contributed by atoms with Crippen LogP contribution in [0.5, 0.6) is 0 Å². The summed E-state index contributed by atoms with van der Waals surface area (Å²) >= 11 is 0. The van der Waals surface area contributed by atoms with Crippen molar-refractivity contribution < 1.29 is 4.79 Å². The van der Waals surface area contributed by atoms with Gasteiger partial charge in [-0.05, 0) is 36.6 Å². The number of aryl methyl sites for hydroxylation is 1. The first kappa shape index (κ1) is 17.0. The van der Waals surface area contributed by atoms with E-state index in [0.717, 1.165) is 35.4 Å². The van der Waals surface area contributed by atoms with E-state index in [4.69, 9.17) is 0 Å². The zero-order valence-corrected chi connectivity index (χ0v) is 15.0. The number of imidazole rings is 1. The molecule has 0 saturated carbocycles. The quantitative estimate of drug-likeness (QED) is 0.531. The van der Waals surface area contributed by atoms with E-state index < -0.39 is 0 Å². The molecule has 4 rings (SSSR count). The van der Waals surface area contributed by atoms with E-state index in [2.05, 4.69) is 22.4 Å². The molecule has 4 nitrogen and oxygen atoms in total. The van der Waals surface area contributed by atoms with Gasteiger partial charge in [-0.2, -0.15) is 0 Å². The number of para-hydroxylation sites is 1. The fourth-order valence-electron chi connectivity index (χ4n) is 3.19. The number of fused-ring (bicyclic) bond motifs is 1. The van der Waals surface area contributed by atoms with Gasteiger partial charge in [-0.15, -0.1) is 0 Å². The lowest BCUT2D eigenvalue weighted by molar-refractivity contribution is -0.116. The molecule has 1 N–H and O–H groups in total. The van der Waals surface area contributed by atoms with E-state index >= 15 is 0 Å². The van der Waals surface area contributed by atoms with Gasteiger partial charge in [0.05, 0.1) is 11.4 Å². The summed E-state index contributed by atoms with van der Waals surface area (Å²) in [6.45, 7) is 0. The number of benzene rings is 2. The second kappa shape index (κ2) is 7.87. The minimum Gasteiger partial charge on any atom is -0.325 e. The van der Waals surface area contributed by atoms with E-state index in [-0.39, 0.29) is 5.91 Å². The SMILES string of the molecule is O=C(CCCc1ccccc1)Nc1ccccc1-c1cn2ccccc2n1. The van der Waals surface area contributed by atoms with Gasteiger partial charge in [-0.1, -0.05) is 54.6 Å². The monoisotopic (exact) mass is 355 g/mol. The number of carbonyl (C=O) groups is 1. The average molecular weight is 355 g/mol. The van der Waals surface area contributed by atoms with Crippen molar-refractivity contribution in [3.05, 3.63) is 90.8 Å². The van der Waals surface area contributed by atoms with E-state index in [1.165, 1.54) is 5.56 Å². The lowest BCUT2D eigenvalue weighted by Gasteiger charge is -2.09. The smallest absolute Gasteiger partial charge is 0.224 e. The Morgan fingerprint density at radius 2 is 1.70 bits per heavy atom. The van der Waals surface area contributed by atoms with Gasteiger partial charge in [0.25, 0.3) is 0 Å². The molecular weight excluding hydrogens is 334 g/mol. The number of anilines is 1. The summed E-state index contributed by atoms with van der Waals surface area (Å²) in [5.74, 6) is 0.0298. The normalized spacial score (nSPS) is 10.8. The van der Waals surface area contributed by atoms with Crippen molar-refractivity contribution in [2.75, 3.05) is 5.32 Å². The predicted octanol–water partition coefficient (Wildman–Crippen LogP) is 4.96. The van der Waals surface area contributed by atoms with Gasteiger partial charge in [0.1, 0.15) is 5.65 Å². The molecule has 0 aliphatic heterocycles. The van der Waals surface area contributed by atoms with Crippen LogP contribution in [0.4, 0.5) is 5.69 Å². The Morgan fingerprint density at radius 1 is 0.926 bits per heavy atom. The molecule has 0 unspecified atom stereocenters. The van der Waals surface area contributed by atoms with Crippen LogP contribution in [0.3, 0.4) is 0 Å². The van der Waals surface area contributed by atoms with Crippen molar-refractivity contribution in [1.29, 1.82) is 0 Å². The molecule has 0 saturated heterocycles. The molecule has 0 bridgehead atoms. The Hall–Kier alpha value is -3.40. The largest absolute Gasteiger partial charge is 0.325 e. The molecule has 27 heavy (non-hydrogen) atoms. The van der Waals surface area contributed by atoms with Gasteiger partial charge < -0.3 is 9.72 Å². The highest BCUT2D eigenvalue weighted by Gasteiger charge is 2.11. The summed E-state index contributed by atoms with van der Waals surface area (Å²) in [6, 6.07) is 24.0. The molecule has 0 radical (unpaired) electrons. The third-order valence-electron chi connectivity index (χ3n) is 4.55. The molecule has 4 heteroatoms. The average Bonchev–Trinajstić information content (AvgIpc) is 3.13. The molecule has 0 aliphatic carbocycles. The summed E-state index contributed by atoms with van der Waals surface area (Å²) in [5.41, 5.74) is 4.72. The molecule has 2 aromatic carbocycles. The van der Waals surface area contributed by atoms with Crippen LogP contribution in [0.2, 0.25) is 0 Å². The highest BCUT2D eigenvalue weighted by Crippen LogP contribution is 2.27. The second-order valence-corrected chi connectivity index (χ2v) is 6.53. The molecule has 2 aromatic heterocycles. The number of carbonyl (C=O) groups excluding carboxylic acids is 1. The van der Waals surface area contributed by atoms with Crippen molar-refractivity contribution in [3.63, 3.8) is 0 Å². The first-order valence-electron chi connectivity index (χ1n) is 9.16. The van der Waals surface area contributed by atoms with Crippen LogP contribution in [-0.2, 0) is 11.2 Å². The molecule has 2 heterocycles. The van der Waals surface area contributed by atoms with Crippen LogP contribution in [0.25, 0.3) is 16.9 Å². The van der Waals surface area contributed by atoms with Crippen LogP contribution in [-0.4, -0.2) is 15.3 Å². The Kier molecular flexibility index (Phi) is 4.97. The van der Waals surface area contributed by atoms with E-state index in [9.17, 15) is 4.79 Å². The third-order valence-corrected chi connectivity index (χ3v) is 4.55. The highest BCUT2D eigenvalue weighted by molar-refractivity contribution is 5.95. The Morgan fingerprint density at radius 3 is 2.56 bits per heavy atom. The molecule has 0 spiro atoms. The maximum absolute atomic E-state index is 12.4. The van der Waals surface area contributed by atoms with E-state index in [1.54, 1.807) is 0 Å². The first-order chi connectivity index (χ1) is 13.3. The minimum atomic E-state index is 0.0298. The molecule has 1 amide bonds. The lowest BCUT2D eigenvalue weighted by Crippen LogP contribution is -2.12. The van der Waals surface area contributed by atoms with Gasteiger partial charge in [-0.3, -0.25) is 4.79 Å². The first-order valence-corrected chi connectivity index (χ1v) is 9.16. The van der Waals surface area contributed by atoms with Crippen LogP contribution in [0.15, 0.2) is 85.2 Å². The van der Waals surface area contributed by atoms with Crippen molar-refractivity contribution in [2.24, 2.45) is 0 Å². The van der Waals surface area contributed by atoms with Crippen LogP contribution < -0.4 is 5.32 Å². The number of nitrogens with one attached hydrogen (secondary N) is 1. The molecule has 0 fully saturated rings. The van der Waals surface area contributed by atoms with Crippen molar-refractivity contribution in [3.8, 4) is 11.3 Å². The molecular formula is C23H21N3O. The van der Waals surface area contributed by atoms with Gasteiger partial charge in [0.2, 0.25) is 5.91 Å². The maximum Gasteiger partial charge on any atom is 0.224 e.